The van der Waals surface area contributed by atoms with Gasteiger partial charge < -0.3 is 19.7 Å². The van der Waals surface area contributed by atoms with Gasteiger partial charge in [0, 0.05) is 54.4 Å². The van der Waals surface area contributed by atoms with Gasteiger partial charge in [0.15, 0.2) is 5.78 Å². The smallest absolute Gasteiger partial charge is 0.387 e. The van der Waals surface area contributed by atoms with E-state index in [-0.39, 0.29) is 23.4 Å². The quantitative estimate of drug-likeness (QED) is 0.250. The van der Waals surface area contributed by atoms with Crippen molar-refractivity contribution in [2.45, 2.75) is 52.1 Å². The van der Waals surface area contributed by atoms with Crippen LogP contribution in [-0.2, 0) is 11.2 Å². The summed E-state index contributed by atoms with van der Waals surface area (Å²) in [4.78, 5) is 28.2. The van der Waals surface area contributed by atoms with Gasteiger partial charge in [-0.15, -0.1) is 0 Å². The summed E-state index contributed by atoms with van der Waals surface area (Å²) in [6.07, 6.45) is 9.39. The van der Waals surface area contributed by atoms with E-state index in [1.54, 1.807) is 19.2 Å². The third-order valence-corrected chi connectivity index (χ3v) is 7.83. The van der Waals surface area contributed by atoms with Crippen LogP contribution in [0.4, 0.5) is 8.78 Å². The van der Waals surface area contributed by atoms with Crippen molar-refractivity contribution < 1.29 is 27.8 Å². The summed E-state index contributed by atoms with van der Waals surface area (Å²) < 4.78 is 34.3. The molecule has 1 aliphatic heterocycles. The van der Waals surface area contributed by atoms with Gasteiger partial charge in [0.05, 0.1) is 6.61 Å². The number of amides is 1. The number of nitrogens with zero attached hydrogens (tertiary/aromatic N) is 1. The molecule has 0 bridgehead atoms. The normalized spacial score (nSPS) is 18.8. The average Bonchev–Trinajstić information content (AvgIpc) is 3.18. The third kappa shape index (κ3) is 7.16. The predicted octanol–water partition coefficient (Wildman–Crippen LogP) is 4.65. The number of ether oxygens (including phenoxy) is 2. The largest absolute Gasteiger partial charge is 0.435 e. The Bertz CT molecular complexity index is 1340. The molecule has 0 saturated heterocycles. The Hall–Kier alpha value is -3.52. The van der Waals surface area contributed by atoms with Crippen LogP contribution in [0, 0.1) is 11.8 Å². The van der Waals surface area contributed by atoms with Crippen LogP contribution in [0.2, 0.25) is 0 Å². The summed E-state index contributed by atoms with van der Waals surface area (Å²) in [5, 5.41) is 5.04. The fourth-order valence-electron chi connectivity index (χ4n) is 5.73. The number of Topliss-reactive ketones (excluding diaryl/α,β-unsaturated/α-hetero) is 1. The number of fused-ring (bicyclic) bond motifs is 1. The van der Waals surface area contributed by atoms with Crippen molar-refractivity contribution in [1.82, 2.24) is 10.2 Å². The molecule has 2 atom stereocenters. The number of methoxy groups -OCH3 is 1. The summed E-state index contributed by atoms with van der Waals surface area (Å²) in [5.74, 6) is 0.321. The van der Waals surface area contributed by atoms with Gasteiger partial charge in [-0.1, -0.05) is 26.0 Å². The number of allylic oxidation sites excluding steroid dienone is 1. The van der Waals surface area contributed by atoms with Crippen LogP contribution < -0.4 is 20.5 Å². The first-order chi connectivity index (χ1) is 19.3. The summed E-state index contributed by atoms with van der Waals surface area (Å²) in [6.45, 7) is 5.17. The highest BCUT2D eigenvalue weighted by Crippen LogP contribution is 2.31. The summed E-state index contributed by atoms with van der Waals surface area (Å²) >= 11 is 0. The molecule has 2 aromatic rings. The van der Waals surface area contributed by atoms with Crippen molar-refractivity contribution in [3.8, 4) is 5.75 Å². The van der Waals surface area contributed by atoms with Crippen LogP contribution in [-0.4, -0.2) is 50.0 Å². The van der Waals surface area contributed by atoms with E-state index >= 15 is 0 Å². The van der Waals surface area contributed by atoms with Crippen molar-refractivity contribution in [2.24, 2.45) is 11.8 Å². The molecule has 1 aliphatic carbocycles. The third-order valence-electron chi connectivity index (χ3n) is 7.83. The van der Waals surface area contributed by atoms with Crippen LogP contribution in [0.3, 0.4) is 0 Å². The van der Waals surface area contributed by atoms with Crippen molar-refractivity contribution in [1.29, 1.82) is 0 Å². The Labute approximate surface area is 234 Å². The van der Waals surface area contributed by atoms with E-state index in [0.29, 0.717) is 30.2 Å². The molecule has 214 valence electrons. The fraction of sp³-hybridized carbons (Fsp3) is 0.438. The number of nitrogens with one attached hydrogen (secondary N) is 1. The van der Waals surface area contributed by atoms with E-state index in [9.17, 15) is 18.4 Å². The zero-order valence-electron chi connectivity index (χ0n) is 23.3. The van der Waals surface area contributed by atoms with Gasteiger partial charge in [-0.25, -0.2) is 0 Å². The fourth-order valence-corrected chi connectivity index (χ4v) is 5.73. The number of ketones is 1. The molecule has 2 unspecified atom stereocenters. The van der Waals surface area contributed by atoms with E-state index in [2.05, 4.69) is 40.7 Å². The van der Waals surface area contributed by atoms with Gasteiger partial charge >= 0.3 is 6.61 Å². The highest BCUT2D eigenvalue weighted by molar-refractivity contribution is 5.98. The van der Waals surface area contributed by atoms with Crippen LogP contribution in [0.1, 0.15) is 65.3 Å². The lowest BCUT2D eigenvalue weighted by Crippen LogP contribution is -2.40. The number of carbonyl (C=O) groups excluding carboxylic acids is 2. The second-order valence-electron chi connectivity index (χ2n) is 10.5. The molecule has 1 fully saturated rings. The Morgan fingerprint density at radius 1 is 1.10 bits per heavy atom. The molecule has 0 aromatic heterocycles. The molecule has 1 N–H and O–H groups in total. The second kappa shape index (κ2) is 13.7. The van der Waals surface area contributed by atoms with Gasteiger partial charge in [-0.3, -0.25) is 9.59 Å². The molecule has 1 amide bonds. The topological polar surface area (TPSA) is 67.9 Å². The van der Waals surface area contributed by atoms with Crippen molar-refractivity contribution in [2.75, 3.05) is 26.8 Å². The molecule has 2 aromatic carbocycles. The molecule has 2 aliphatic rings. The lowest BCUT2D eigenvalue weighted by Gasteiger charge is -2.28. The number of hydrogen-bond donors (Lipinski definition) is 1. The SMILES string of the molecule is C=C1C=c2ccc(C(=O)NCCOC)c(CC)c2=CN1CC1CCCC(C(=O)c2ccc(OC(F)F)cc2)CC1. The summed E-state index contributed by atoms with van der Waals surface area (Å²) in [7, 11) is 1.61. The van der Waals surface area contributed by atoms with E-state index < -0.39 is 6.61 Å². The van der Waals surface area contributed by atoms with E-state index in [1.807, 2.05) is 12.1 Å². The lowest BCUT2D eigenvalue weighted by atomic mass is 9.90. The van der Waals surface area contributed by atoms with Crippen molar-refractivity contribution in [3.63, 3.8) is 0 Å². The number of alkyl halides is 2. The first-order valence-corrected chi connectivity index (χ1v) is 14.0. The maximum absolute atomic E-state index is 13.1. The second-order valence-corrected chi connectivity index (χ2v) is 10.5. The molecule has 1 saturated carbocycles. The minimum absolute atomic E-state index is 0.0499. The Balaban J connectivity index is 1.44. The molecule has 1 heterocycles. The minimum Gasteiger partial charge on any atom is -0.435 e. The highest BCUT2D eigenvalue weighted by atomic mass is 19.3. The zero-order chi connectivity index (χ0) is 28.6. The van der Waals surface area contributed by atoms with Crippen LogP contribution >= 0.6 is 0 Å². The highest BCUT2D eigenvalue weighted by Gasteiger charge is 2.26. The number of rotatable bonds is 11. The van der Waals surface area contributed by atoms with E-state index in [4.69, 9.17) is 4.74 Å². The van der Waals surface area contributed by atoms with Crippen LogP contribution in [0.5, 0.6) is 5.75 Å². The molecule has 0 spiro atoms. The number of benzene rings is 2. The monoisotopic (exact) mass is 552 g/mol. The standard InChI is InChI=1S/C32H38F2N2O4/c1-4-27-28(31(38)35-16-17-39-3)15-12-25-18-21(2)36(20-29(25)27)19-22-6-5-7-23(9-8-22)30(37)24-10-13-26(14-11-24)40-32(33)34/h10-15,18,20,22-23,32H,2,4-9,16-17,19H2,1,3H3,(H,35,38). The van der Waals surface area contributed by atoms with Crippen molar-refractivity contribution >= 4 is 24.0 Å². The number of halogens is 2. The Morgan fingerprint density at radius 2 is 1.88 bits per heavy atom. The zero-order valence-corrected chi connectivity index (χ0v) is 23.3. The molecule has 8 heteroatoms. The molecule has 0 radical (unpaired) electrons. The molecule has 6 nitrogen and oxygen atoms in total. The minimum atomic E-state index is -2.89. The van der Waals surface area contributed by atoms with E-state index in [0.717, 1.165) is 66.8 Å². The van der Waals surface area contributed by atoms with E-state index in [1.165, 1.54) is 12.1 Å². The first-order valence-electron chi connectivity index (χ1n) is 14.0. The van der Waals surface area contributed by atoms with Gasteiger partial charge in [-0.2, -0.15) is 8.78 Å². The Morgan fingerprint density at radius 3 is 2.58 bits per heavy atom. The molecule has 40 heavy (non-hydrogen) atoms. The van der Waals surface area contributed by atoms with Gasteiger partial charge in [-0.05, 0) is 85.2 Å². The maximum Gasteiger partial charge on any atom is 0.387 e. The van der Waals surface area contributed by atoms with Crippen LogP contribution in [0.25, 0.3) is 12.3 Å². The lowest BCUT2D eigenvalue weighted by molar-refractivity contribution is -0.0498. The number of hydrogen-bond acceptors (Lipinski definition) is 5. The Kier molecular flexibility index (Phi) is 10.1. The van der Waals surface area contributed by atoms with Gasteiger partial charge in [0.2, 0.25) is 0 Å². The molecular formula is C32H38F2N2O4. The van der Waals surface area contributed by atoms with Gasteiger partial charge in [0.25, 0.3) is 5.91 Å². The molecular weight excluding hydrogens is 514 g/mol. The first kappa shape index (κ1) is 29.5. The summed E-state index contributed by atoms with van der Waals surface area (Å²) in [5.41, 5.74) is 3.13. The van der Waals surface area contributed by atoms with Crippen molar-refractivity contribution in [3.05, 3.63) is 75.8 Å². The number of carbonyl (C=O) groups is 2. The maximum atomic E-state index is 13.1. The summed E-state index contributed by atoms with van der Waals surface area (Å²) in [6, 6.07) is 9.84. The molecule has 4 rings (SSSR count). The predicted molar refractivity (Wildman–Crippen MR) is 152 cm³/mol. The van der Waals surface area contributed by atoms with Crippen LogP contribution in [0.15, 0.2) is 48.7 Å². The average molecular weight is 553 g/mol. The van der Waals surface area contributed by atoms with Gasteiger partial charge in [0.1, 0.15) is 5.75 Å².